The van der Waals surface area contributed by atoms with Gasteiger partial charge in [-0.25, -0.2) is 0 Å². The standard InChI is InChI=1S/C7H8.2Cl3OP/c1-7-5-3-2-4-6-7;2*1-5(2,3)4/h2-6H,1H3;;. The van der Waals surface area contributed by atoms with E-state index in [2.05, 4.69) is 86.5 Å². The largest absolute Gasteiger partial charge is 0.339 e. The molecule has 10 heteroatoms. The zero-order valence-corrected chi connectivity index (χ0v) is 14.7. The Balaban J connectivity index is 0. The van der Waals surface area contributed by atoms with Crippen LogP contribution in [0.25, 0.3) is 0 Å². The molecule has 1 aromatic rings. The van der Waals surface area contributed by atoms with Gasteiger partial charge in [-0.05, 0) is 74.4 Å². The molecule has 0 saturated heterocycles. The van der Waals surface area contributed by atoms with Crippen LogP contribution in [0.15, 0.2) is 30.3 Å². The Morgan fingerprint density at radius 2 is 1.00 bits per heavy atom. The van der Waals surface area contributed by atoms with Gasteiger partial charge < -0.3 is 0 Å². The highest BCUT2D eigenvalue weighted by atomic mass is 36.1. The number of hydrogen-bond acceptors (Lipinski definition) is 2. The summed E-state index contributed by atoms with van der Waals surface area (Å²) in [7, 11) is 0. The fraction of sp³-hybridized carbons (Fsp3) is 0.143. The van der Waals surface area contributed by atoms with Crippen LogP contribution in [0.2, 0.25) is 0 Å². The molecule has 0 bridgehead atoms. The first-order valence-electron chi connectivity index (χ1n) is 3.79. The third-order valence-electron chi connectivity index (χ3n) is 0.940. The summed E-state index contributed by atoms with van der Waals surface area (Å²) in [6.07, 6.45) is 0. The van der Waals surface area contributed by atoms with Gasteiger partial charge in [-0.2, -0.15) is 0 Å². The highest BCUT2D eigenvalue weighted by molar-refractivity contribution is 8.25. The van der Waals surface area contributed by atoms with Crippen molar-refractivity contribution < 1.29 is 9.13 Å². The van der Waals surface area contributed by atoms with Crippen LogP contribution in [0, 0.1) is 6.92 Å². The van der Waals surface area contributed by atoms with Crippen LogP contribution in [0.1, 0.15) is 5.56 Å². The number of benzene rings is 1. The molecule has 0 saturated carbocycles. The number of halogens is 6. The number of aryl methyl sites for hydroxylation is 1. The van der Waals surface area contributed by atoms with Crippen LogP contribution < -0.4 is 0 Å². The average Bonchev–Trinajstić information content (AvgIpc) is 1.98. The molecule has 0 aliphatic carbocycles. The molecule has 17 heavy (non-hydrogen) atoms. The molecule has 0 aromatic heterocycles. The predicted octanol–water partition coefficient (Wildman–Crippen LogP) is 7.62. The van der Waals surface area contributed by atoms with E-state index in [0.717, 1.165) is 0 Å². The summed E-state index contributed by atoms with van der Waals surface area (Å²) in [4.78, 5) is 0. The van der Waals surface area contributed by atoms with E-state index >= 15 is 0 Å². The second-order valence-electron chi connectivity index (χ2n) is 2.45. The van der Waals surface area contributed by atoms with E-state index in [4.69, 9.17) is 0 Å². The molecule has 0 atom stereocenters. The Morgan fingerprint density at radius 1 is 0.765 bits per heavy atom. The highest BCUT2D eigenvalue weighted by Gasteiger charge is 2.03. The predicted molar refractivity (Wildman–Crippen MR) is 81.5 cm³/mol. The Bertz CT molecular complexity index is 350. The Morgan fingerprint density at radius 3 is 1.12 bits per heavy atom. The monoisotopic (exact) mass is 396 g/mol. The molecule has 0 radical (unpaired) electrons. The summed E-state index contributed by atoms with van der Waals surface area (Å²) < 4.78 is 19.0. The van der Waals surface area contributed by atoms with Gasteiger partial charge in [-0.3, -0.25) is 9.13 Å². The van der Waals surface area contributed by atoms with E-state index in [1.807, 2.05) is 18.2 Å². The zero-order valence-electron chi connectivity index (χ0n) is 8.37. The van der Waals surface area contributed by atoms with Crippen molar-refractivity contribution in [3.05, 3.63) is 35.9 Å². The number of hydrogen-bond donors (Lipinski definition) is 0. The molecule has 0 spiro atoms. The van der Waals surface area contributed by atoms with Crippen molar-refractivity contribution in [2.45, 2.75) is 6.92 Å². The topological polar surface area (TPSA) is 34.1 Å². The summed E-state index contributed by atoms with van der Waals surface area (Å²) in [5.41, 5.74) is 1.32. The molecule has 0 amide bonds. The van der Waals surface area contributed by atoms with Crippen LogP contribution in [-0.4, -0.2) is 0 Å². The second-order valence-corrected chi connectivity index (χ2v) is 15.7. The van der Waals surface area contributed by atoms with E-state index in [9.17, 15) is 9.13 Å². The van der Waals surface area contributed by atoms with Gasteiger partial charge in [-0.1, -0.05) is 35.9 Å². The maximum atomic E-state index is 9.51. The second kappa shape index (κ2) is 10.2. The first kappa shape index (κ1) is 20.7. The summed E-state index contributed by atoms with van der Waals surface area (Å²) in [6.45, 7) is 2.08. The third kappa shape index (κ3) is 46.7. The van der Waals surface area contributed by atoms with E-state index in [0.29, 0.717) is 0 Å². The van der Waals surface area contributed by atoms with Crippen molar-refractivity contribution in [1.29, 1.82) is 0 Å². The van der Waals surface area contributed by atoms with Gasteiger partial charge in [0, 0.05) is 0 Å². The molecular formula is C7H8Cl6O2P2. The van der Waals surface area contributed by atoms with Crippen LogP contribution in [-0.2, 0) is 9.13 Å². The fourth-order valence-electron chi connectivity index (χ4n) is 0.534. The lowest BCUT2D eigenvalue weighted by Gasteiger charge is -1.82. The minimum Gasteiger partial charge on any atom is -0.271 e. The maximum Gasteiger partial charge on any atom is 0.339 e. The highest BCUT2D eigenvalue weighted by Crippen LogP contribution is 2.61. The quantitative estimate of drug-likeness (QED) is 0.421. The molecule has 0 fully saturated rings. The molecule has 1 rings (SSSR count). The van der Waals surface area contributed by atoms with Crippen molar-refractivity contribution >= 4 is 77.8 Å². The molecule has 2 nitrogen and oxygen atoms in total. The van der Waals surface area contributed by atoms with E-state index < -0.39 is 10.4 Å². The molecule has 1 aromatic carbocycles. The summed E-state index contributed by atoms with van der Waals surface area (Å²) in [6, 6.07) is 10.3. The van der Waals surface area contributed by atoms with Crippen LogP contribution in [0.3, 0.4) is 0 Å². The van der Waals surface area contributed by atoms with Crippen molar-refractivity contribution in [2.75, 3.05) is 0 Å². The minimum atomic E-state index is -3.22. The summed E-state index contributed by atoms with van der Waals surface area (Å²) in [5.74, 6) is 0. The van der Waals surface area contributed by atoms with E-state index in [1.54, 1.807) is 0 Å². The van der Waals surface area contributed by atoms with Gasteiger partial charge in [0.25, 0.3) is 0 Å². The maximum absolute atomic E-state index is 9.51. The number of rotatable bonds is 0. The fourth-order valence-corrected chi connectivity index (χ4v) is 0.534. The molecule has 0 aliphatic rings. The molecule has 0 N–H and O–H groups in total. The zero-order chi connectivity index (χ0) is 14.1. The van der Waals surface area contributed by atoms with E-state index in [1.165, 1.54) is 5.56 Å². The molecule has 100 valence electrons. The van der Waals surface area contributed by atoms with E-state index in [-0.39, 0.29) is 0 Å². The SMILES string of the molecule is Cc1ccccc1.O=P(Cl)(Cl)Cl.O=P(Cl)(Cl)Cl. The minimum absolute atomic E-state index is 1.32. The Labute approximate surface area is 129 Å². The normalized spacial score (nSPS) is 10.5. The lowest BCUT2D eigenvalue weighted by molar-refractivity contribution is 0.599. The van der Waals surface area contributed by atoms with Gasteiger partial charge in [0.2, 0.25) is 0 Å². The van der Waals surface area contributed by atoms with Crippen molar-refractivity contribution in [3.8, 4) is 0 Å². The van der Waals surface area contributed by atoms with Gasteiger partial charge in [0.15, 0.2) is 0 Å². The van der Waals surface area contributed by atoms with Crippen molar-refractivity contribution in [3.63, 3.8) is 0 Å². The Kier molecular flexibility index (Phi) is 12.5. The molecule has 0 heterocycles. The third-order valence-corrected chi connectivity index (χ3v) is 0.940. The molecule has 0 aliphatic heterocycles. The lowest BCUT2D eigenvalue weighted by atomic mass is 10.2. The first-order chi connectivity index (χ1) is 7.39. The van der Waals surface area contributed by atoms with Gasteiger partial charge in [0.05, 0.1) is 0 Å². The lowest BCUT2D eigenvalue weighted by Crippen LogP contribution is -1.62. The van der Waals surface area contributed by atoms with Crippen molar-refractivity contribution in [1.82, 2.24) is 0 Å². The summed E-state index contributed by atoms with van der Waals surface area (Å²) in [5, 5.41) is -6.44. The smallest absolute Gasteiger partial charge is 0.271 e. The van der Waals surface area contributed by atoms with Crippen LogP contribution in [0.5, 0.6) is 0 Å². The first-order valence-corrected chi connectivity index (χ1v) is 12.6. The van der Waals surface area contributed by atoms with Crippen LogP contribution in [0.4, 0.5) is 0 Å². The van der Waals surface area contributed by atoms with Crippen LogP contribution >= 0.6 is 77.8 Å². The van der Waals surface area contributed by atoms with Gasteiger partial charge >= 0.3 is 10.4 Å². The molecule has 0 unspecified atom stereocenters. The Hall–Kier alpha value is 1.42. The summed E-state index contributed by atoms with van der Waals surface area (Å²) >= 11 is 27.7. The average molecular weight is 399 g/mol. The van der Waals surface area contributed by atoms with Gasteiger partial charge in [-0.15, -0.1) is 0 Å². The molecular weight excluding hydrogens is 391 g/mol. The van der Waals surface area contributed by atoms with Gasteiger partial charge in [0.1, 0.15) is 0 Å². The van der Waals surface area contributed by atoms with Crippen molar-refractivity contribution in [2.24, 2.45) is 0 Å².